The van der Waals surface area contributed by atoms with Gasteiger partial charge in [-0.15, -0.1) is 0 Å². The Morgan fingerprint density at radius 3 is 2.15 bits per heavy atom. The van der Waals surface area contributed by atoms with Crippen LogP contribution in [0.15, 0.2) is 0 Å². The van der Waals surface area contributed by atoms with Gasteiger partial charge in [0.2, 0.25) is 5.91 Å². The molecule has 0 aromatic heterocycles. The Morgan fingerprint density at radius 1 is 0.850 bits per heavy atom. The number of nitrogens with two attached hydrogens (primary N) is 1. The molecule has 2 atom stereocenters. The Bertz CT molecular complexity index is 333. The maximum Gasteiger partial charge on any atom is 0.227 e. The summed E-state index contributed by atoms with van der Waals surface area (Å²) in [5, 5.41) is 0. The van der Waals surface area contributed by atoms with Crippen molar-refractivity contribution in [1.29, 1.82) is 0 Å². The summed E-state index contributed by atoms with van der Waals surface area (Å²) in [4.78, 5) is 17.3. The summed E-state index contributed by atoms with van der Waals surface area (Å²) in [7, 11) is 0. The Hall–Kier alpha value is -0.610. The van der Waals surface area contributed by atoms with Crippen LogP contribution >= 0.6 is 0 Å². The fraction of sp³-hybridized carbons (Fsp3) is 0.938. The van der Waals surface area contributed by atoms with E-state index < -0.39 is 0 Å². The van der Waals surface area contributed by atoms with Crippen molar-refractivity contribution in [2.75, 3.05) is 26.2 Å². The summed E-state index contributed by atoms with van der Waals surface area (Å²) in [5.74, 6) is 0.452. The summed E-state index contributed by atoms with van der Waals surface area (Å²) < 4.78 is 0. The fourth-order valence-electron chi connectivity index (χ4n) is 4.26. The highest BCUT2D eigenvalue weighted by molar-refractivity contribution is 5.80. The van der Waals surface area contributed by atoms with Gasteiger partial charge < -0.3 is 15.5 Å². The summed E-state index contributed by atoms with van der Waals surface area (Å²) >= 11 is 0. The lowest BCUT2D eigenvalue weighted by Crippen LogP contribution is -2.50. The van der Waals surface area contributed by atoms with Crippen molar-refractivity contribution in [2.45, 2.75) is 63.5 Å². The van der Waals surface area contributed by atoms with E-state index in [9.17, 15) is 4.79 Å². The third-order valence-electron chi connectivity index (χ3n) is 5.57. The van der Waals surface area contributed by atoms with Crippen LogP contribution in [0.3, 0.4) is 0 Å². The first kappa shape index (κ1) is 14.3. The molecule has 20 heavy (non-hydrogen) atoms. The van der Waals surface area contributed by atoms with E-state index in [4.69, 9.17) is 5.73 Å². The zero-order chi connectivity index (χ0) is 13.9. The normalized spacial score (nSPS) is 33.5. The summed E-state index contributed by atoms with van der Waals surface area (Å²) in [5.41, 5.74) is 6.08. The number of likely N-dealkylation sites (tertiary alicyclic amines) is 2. The Kier molecular flexibility index (Phi) is 4.61. The zero-order valence-corrected chi connectivity index (χ0v) is 12.6. The average Bonchev–Trinajstić information content (AvgIpc) is 2.94. The van der Waals surface area contributed by atoms with Crippen LogP contribution < -0.4 is 5.73 Å². The molecule has 1 amide bonds. The van der Waals surface area contributed by atoms with Gasteiger partial charge in [-0.25, -0.2) is 0 Å². The monoisotopic (exact) mass is 279 g/mol. The van der Waals surface area contributed by atoms with Gasteiger partial charge in [0.15, 0.2) is 0 Å². The van der Waals surface area contributed by atoms with Crippen LogP contribution in [0, 0.1) is 5.92 Å². The molecule has 2 heterocycles. The van der Waals surface area contributed by atoms with Gasteiger partial charge in [0, 0.05) is 25.2 Å². The molecule has 2 unspecified atom stereocenters. The van der Waals surface area contributed by atoms with E-state index in [1.54, 1.807) is 0 Å². The molecule has 2 aliphatic heterocycles. The molecule has 4 nitrogen and oxygen atoms in total. The number of hydrogen-bond acceptors (Lipinski definition) is 3. The largest absolute Gasteiger partial charge is 0.342 e. The molecule has 0 aromatic carbocycles. The van der Waals surface area contributed by atoms with E-state index in [1.165, 1.54) is 32.4 Å². The van der Waals surface area contributed by atoms with Crippen molar-refractivity contribution in [3.05, 3.63) is 0 Å². The Balaban J connectivity index is 1.49. The minimum Gasteiger partial charge on any atom is -0.342 e. The van der Waals surface area contributed by atoms with E-state index in [2.05, 4.69) is 9.80 Å². The van der Waals surface area contributed by atoms with Crippen LogP contribution in [-0.4, -0.2) is 54.0 Å². The quantitative estimate of drug-likeness (QED) is 0.835. The van der Waals surface area contributed by atoms with Gasteiger partial charge in [-0.2, -0.15) is 0 Å². The molecular formula is C16H29N3O. The second-order valence-corrected chi connectivity index (χ2v) is 6.85. The Morgan fingerprint density at radius 2 is 1.55 bits per heavy atom. The van der Waals surface area contributed by atoms with E-state index in [0.29, 0.717) is 5.91 Å². The molecule has 3 rings (SSSR count). The number of rotatable bonds is 2. The number of piperidine rings is 2. The predicted molar refractivity (Wildman–Crippen MR) is 80.3 cm³/mol. The molecule has 114 valence electrons. The number of carbonyl (C=O) groups is 1. The van der Waals surface area contributed by atoms with Crippen LogP contribution in [-0.2, 0) is 4.79 Å². The first-order valence-electron chi connectivity index (χ1n) is 8.54. The second-order valence-electron chi connectivity index (χ2n) is 6.85. The summed E-state index contributed by atoms with van der Waals surface area (Å²) in [6.07, 6.45) is 9.59. The SMILES string of the molecule is NC1CCCC1C(=O)N1CCC(N2CCCCC2)CC1. The first-order valence-corrected chi connectivity index (χ1v) is 8.54. The van der Waals surface area contributed by atoms with Gasteiger partial charge in [-0.3, -0.25) is 4.79 Å². The second kappa shape index (κ2) is 6.44. The molecule has 0 aromatic rings. The lowest BCUT2D eigenvalue weighted by molar-refractivity contribution is -0.137. The third kappa shape index (κ3) is 3.01. The van der Waals surface area contributed by atoms with Gasteiger partial charge in [-0.05, 0) is 51.6 Å². The van der Waals surface area contributed by atoms with Gasteiger partial charge in [0.25, 0.3) is 0 Å². The standard InChI is InChI=1S/C16H29N3O/c17-15-6-4-5-14(15)16(20)19-11-7-13(8-12-19)18-9-2-1-3-10-18/h13-15H,1-12,17H2. The number of carbonyl (C=O) groups excluding carboxylic acids is 1. The number of hydrogen-bond donors (Lipinski definition) is 1. The van der Waals surface area contributed by atoms with Crippen molar-refractivity contribution in [3.63, 3.8) is 0 Å². The van der Waals surface area contributed by atoms with Crippen molar-refractivity contribution in [1.82, 2.24) is 9.80 Å². The minimum absolute atomic E-state index is 0.113. The average molecular weight is 279 g/mol. The molecule has 2 N–H and O–H groups in total. The van der Waals surface area contributed by atoms with Crippen LogP contribution in [0.2, 0.25) is 0 Å². The highest BCUT2D eigenvalue weighted by Crippen LogP contribution is 2.28. The molecule has 0 radical (unpaired) electrons. The van der Waals surface area contributed by atoms with Crippen molar-refractivity contribution < 1.29 is 4.79 Å². The van der Waals surface area contributed by atoms with Crippen LogP contribution in [0.25, 0.3) is 0 Å². The lowest BCUT2D eigenvalue weighted by Gasteiger charge is -2.41. The topological polar surface area (TPSA) is 49.6 Å². The van der Waals surface area contributed by atoms with Gasteiger partial charge in [0.05, 0.1) is 5.92 Å². The molecule has 2 saturated heterocycles. The van der Waals surface area contributed by atoms with Crippen LogP contribution in [0.1, 0.15) is 51.4 Å². The van der Waals surface area contributed by atoms with Crippen molar-refractivity contribution in [2.24, 2.45) is 11.7 Å². The molecule has 0 bridgehead atoms. The van der Waals surface area contributed by atoms with E-state index in [-0.39, 0.29) is 12.0 Å². The van der Waals surface area contributed by atoms with E-state index >= 15 is 0 Å². The first-order chi connectivity index (χ1) is 9.75. The van der Waals surface area contributed by atoms with Crippen LogP contribution in [0.5, 0.6) is 0 Å². The summed E-state index contributed by atoms with van der Waals surface area (Å²) in [6, 6.07) is 0.832. The highest BCUT2D eigenvalue weighted by atomic mass is 16.2. The van der Waals surface area contributed by atoms with E-state index in [0.717, 1.165) is 51.2 Å². The number of amides is 1. The molecular weight excluding hydrogens is 250 g/mol. The summed E-state index contributed by atoms with van der Waals surface area (Å²) in [6.45, 7) is 4.44. The van der Waals surface area contributed by atoms with Gasteiger partial charge in [0.1, 0.15) is 0 Å². The molecule has 1 saturated carbocycles. The van der Waals surface area contributed by atoms with E-state index in [1.807, 2.05) is 0 Å². The molecule has 0 spiro atoms. The van der Waals surface area contributed by atoms with Crippen molar-refractivity contribution >= 4 is 5.91 Å². The Labute approximate surface area is 122 Å². The molecule has 3 fully saturated rings. The minimum atomic E-state index is 0.113. The van der Waals surface area contributed by atoms with Crippen LogP contribution in [0.4, 0.5) is 0 Å². The highest BCUT2D eigenvalue weighted by Gasteiger charge is 2.35. The molecule has 4 heteroatoms. The molecule has 1 aliphatic carbocycles. The zero-order valence-electron chi connectivity index (χ0n) is 12.6. The van der Waals surface area contributed by atoms with Crippen molar-refractivity contribution in [3.8, 4) is 0 Å². The maximum absolute atomic E-state index is 12.5. The number of nitrogens with zero attached hydrogens (tertiary/aromatic N) is 2. The fourth-order valence-corrected chi connectivity index (χ4v) is 4.26. The van der Waals surface area contributed by atoms with Gasteiger partial charge >= 0.3 is 0 Å². The lowest BCUT2D eigenvalue weighted by atomic mass is 9.97. The molecule has 3 aliphatic rings. The predicted octanol–water partition coefficient (Wildman–Crippen LogP) is 1.59. The third-order valence-corrected chi connectivity index (χ3v) is 5.57. The maximum atomic E-state index is 12.5. The van der Waals surface area contributed by atoms with Gasteiger partial charge in [-0.1, -0.05) is 12.8 Å². The smallest absolute Gasteiger partial charge is 0.227 e.